The molecule has 5 rings (SSSR count). The average Bonchev–Trinajstić information content (AvgIpc) is 3.47. The van der Waals surface area contributed by atoms with Gasteiger partial charge in [-0.3, -0.25) is 0 Å². The fourth-order valence-electron chi connectivity index (χ4n) is 4.64. The van der Waals surface area contributed by atoms with E-state index in [2.05, 4.69) is 59.9 Å². The first-order valence-electron chi connectivity index (χ1n) is 12.4. The molecule has 1 amide bonds. The topological polar surface area (TPSA) is 73.9 Å². The molecular formula is C28H33N5O3. The molecule has 0 saturated carbocycles. The number of hydrogen-bond donors (Lipinski definition) is 0. The third kappa shape index (κ3) is 4.99. The summed E-state index contributed by atoms with van der Waals surface area (Å²) in [6, 6.07) is 12.4. The number of morpholine rings is 1. The molecule has 188 valence electrons. The van der Waals surface area contributed by atoms with E-state index in [4.69, 9.17) is 14.5 Å². The third-order valence-electron chi connectivity index (χ3n) is 6.33. The van der Waals surface area contributed by atoms with Crippen molar-refractivity contribution >= 4 is 11.7 Å². The summed E-state index contributed by atoms with van der Waals surface area (Å²) in [7, 11) is 0. The van der Waals surface area contributed by atoms with Gasteiger partial charge in [-0.15, -0.1) is 0 Å². The normalized spacial score (nSPS) is 16.5. The first kappa shape index (κ1) is 24.1. The van der Waals surface area contributed by atoms with Crippen LogP contribution in [0.5, 0.6) is 0 Å². The second kappa shape index (κ2) is 9.43. The van der Waals surface area contributed by atoms with Gasteiger partial charge in [-0.1, -0.05) is 6.07 Å². The zero-order chi connectivity index (χ0) is 25.4. The molecule has 0 spiro atoms. The minimum Gasteiger partial charge on any atom is -0.444 e. The van der Waals surface area contributed by atoms with E-state index < -0.39 is 5.60 Å². The summed E-state index contributed by atoms with van der Waals surface area (Å²) in [5, 5.41) is 4.35. The lowest BCUT2D eigenvalue weighted by molar-refractivity contribution is -0.0418. The van der Waals surface area contributed by atoms with E-state index in [1.807, 2.05) is 37.7 Å². The maximum atomic E-state index is 12.7. The highest BCUT2D eigenvalue weighted by Gasteiger charge is 2.30. The third-order valence-corrected chi connectivity index (χ3v) is 6.33. The number of imidazole rings is 1. The predicted molar refractivity (Wildman–Crippen MR) is 138 cm³/mol. The van der Waals surface area contributed by atoms with E-state index in [0.717, 1.165) is 39.4 Å². The number of aromatic nitrogens is 4. The Morgan fingerprint density at radius 1 is 1.17 bits per heavy atom. The lowest BCUT2D eigenvalue weighted by Crippen LogP contribution is -2.48. The molecule has 0 aliphatic carbocycles. The Labute approximate surface area is 211 Å². The van der Waals surface area contributed by atoms with Crippen LogP contribution in [-0.2, 0) is 15.9 Å². The summed E-state index contributed by atoms with van der Waals surface area (Å²) in [6.45, 7) is 11.3. The Kier molecular flexibility index (Phi) is 6.30. The second-order valence-electron chi connectivity index (χ2n) is 10.4. The molecule has 0 unspecified atom stereocenters. The Morgan fingerprint density at radius 3 is 2.72 bits per heavy atom. The number of amides is 1. The van der Waals surface area contributed by atoms with Crippen LogP contribution in [0.15, 0.2) is 55.0 Å². The minimum atomic E-state index is -0.530. The number of carbonyl (C=O) groups excluding carboxylic acids is 1. The average molecular weight is 488 g/mol. The molecule has 8 nitrogen and oxygen atoms in total. The molecule has 1 saturated heterocycles. The van der Waals surface area contributed by atoms with Crippen molar-refractivity contribution in [2.75, 3.05) is 19.7 Å². The van der Waals surface area contributed by atoms with Gasteiger partial charge in [-0.2, -0.15) is 5.10 Å². The first-order chi connectivity index (χ1) is 17.2. The highest BCUT2D eigenvalue weighted by molar-refractivity contribution is 5.71. The second-order valence-corrected chi connectivity index (χ2v) is 10.4. The van der Waals surface area contributed by atoms with Crippen LogP contribution in [0.25, 0.3) is 22.6 Å². The van der Waals surface area contributed by atoms with E-state index in [0.29, 0.717) is 26.1 Å². The van der Waals surface area contributed by atoms with Crippen molar-refractivity contribution in [2.24, 2.45) is 0 Å². The summed E-state index contributed by atoms with van der Waals surface area (Å²) in [5.74, 6) is 0. The van der Waals surface area contributed by atoms with Crippen LogP contribution in [0.3, 0.4) is 0 Å². The molecule has 1 fully saturated rings. The predicted octanol–water partition coefficient (Wildman–Crippen LogP) is 4.98. The van der Waals surface area contributed by atoms with Crippen molar-refractivity contribution in [1.82, 2.24) is 24.1 Å². The molecular weight excluding hydrogens is 454 g/mol. The maximum Gasteiger partial charge on any atom is 0.410 e. The summed E-state index contributed by atoms with van der Waals surface area (Å²) >= 11 is 0. The van der Waals surface area contributed by atoms with E-state index >= 15 is 0 Å². The molecule has 0 N–H and O–H groups in total. The smallest absolute Gasteiger partial charge is 0.410 e. The van der Waals surface area contributed by atoms with Crippen molar-refractivity contribution in [2.45, 2.75) is 52.7 Å². The molecule has 36 heavy (non-hydrogen) atoms. The summed E-state index contributed by atoms with van der Waals surface area (Å²) in [5.41, 5.74) is 6.71. The maximum absolute atomic E-state index is 12.7. The van der Waals surface area contributed by atoms with Crippen LogP contribution in [0.2, 0.25) is 0 Å². The monoisotopic (exact) mass is 487 g/mol. The Hall–Kier alpha value is -3.65. The first-order valence-corrected chi connectivity index (χ1v) is 12.4. The van der Waals surface area contributed by atoms with Gasteiger partial charge in [0.15, 0.2) is 0 Å². The number of ether oxygens (including phenoxy) is 2. The molecule has 1 atom stereocenters. The molecule has 0 bridgehead atoms. The number of aryl methyl sites for hydroxylation is 2. The van der Waals surface area contributed by atoms with Crippen molar-refractivity contribution in [1.29, 1.82) is 0 Å². The van der Waals surface area contributed by atoms with Crippen LogP contribution in [0, 0.1) is 13.8 Å². The number of benzene rings is 1. The quantitative estimate of drug-likeness (QED) is 0.406. The van der Waals surface area contributed by atoms with E-state index in [1.54, 1.807) is 11.1 Å². The van der Waals surface area contributed by atoms with Gasteiger partial charge in [0, 0.05) is 37.1 Å². The van der Waals surface area contributed by atoms with Crippen LogP contribution >= 0.6 is 0 Å². The SMILES string of the molecule is Cc1ccn2c(C[C@H]3CN(C(=O)OC(C)(C)C)CCO3)c(-c3ccc(-n4cccn4)cc3C)nc2c1. The van der Waals surface area contributed by atoms with Gasteiger partial charge < -0.3 is 18.8 Å². The van der Waals surface area contributed by atoms with Gasteiger partial charge in [-0.25, -0.2) is 14.5 Å². The molecule has 4 aromatic rings. The largest absolute Gasteiger partial charge is 0.444 e. The lowest BCUT2D eigenvalue weighted by atomic mass is 10.0. The Morgan fingerprint density at radius 2 is 2.00 bits per heavy atom. The number of hydrogen-bond acceptors (Lipinski definition) is 5. The number of pyridine rings is 1. The highest BCUT2D eigenvalue weighted by atomic mass is 16.6. The van der Waals surface area contributed by atoms with Gasteiger partial charge in [0.1, 0.15) is 11.2 Å². The molecule has 8 heteroatoms. The van der Waals surface area contributed by atoms with Gasteiger partial charge in [-0.05, 0) is 76.1 Å². The summed E-state index contributed by atoms with van der Waals surface area (Å²) < 4.78 is 15.7. The van der Waals surface area contributed by atoms with Crippen molar-refractivity contribution in [3.63, 3.8) is 0 Å². The van der Waals surface area contributed by atoms with Crippen LogP contribution in [0.4, 0.5) is 4.79 Å². The number of nitrogens with zero attached hydrogens (tertiary/aromatic N) is 5. The van der Waals surface area contributed by atoms with E-state index in [9.17, 15) is 4.79 Å². The van der Waals surface area contributed by atoms with E-state index in [-0.39, 0.29) is 12.2 Å². The Bertz CT molecular complexity index is 1380. The van der Waals surface area contributed by atoms with Gasteiger partial charge in [0.2, 0.25) is 0 Å². The molecule has 1 aromatic carbocycles. The van der Waals surface area contributed by atoms with Crippen molar-refractivity contribution < 1.29 is 14.3 Å². The van der Waals surface area contributed by atoms with Gasteiger partial charge in [0.25, 0.3) is 0 Å². The van der Waals surface area contributed by atoms with Gasteiger partial charge in [0.05, 0.1) is 36.3 Å². The van der Waals surface area contributed by atoms with Gasteiger partial charge >= 0.3 is 6.09 Å². The number of fused-ring (bicyclic) bond motifs is 1. The molecule has 0 radical (unpaired) electrons. The standard InChI is InChI=1S/C28H33N5O3/c1-19-9-12-32-24(17-22-18-31(13-14-35-22)27(34)36-28(3,4)5)26(30-25(32)15-19)23-8-7-21(16-20(23)2)33-11-6-10-29-33/h6-12,15-16,22H,13-14,17-18H2,1-5H3/t22-/m0/s1. The fourth-order valence-corrected chi connectivity index (χ4v) is 4.64. The zero-order valence-corrected chi connectivity index (χ0v) is 21.6. The molecule has 4 heterocycles. The van der Waals surface area contributed by atoms with Crippen LogP contribution in [0.1, 0.15) is 37.6 Å². The summed E-state index contributed by atoms with van der Waals surface area (Å²) in [4.78, 5) is 19.5. The van der Waals surface area contributed by atoms with Crippen molar-refractivity contribution in [3.05, 3.63) is 71.8 Å². The van der Waals surface area contributed by atoms with E-state index in [1.165, 1.54) is 0 Å². The van der Waals surface area contributed by atoms with Crippen LogP contribution < -0.4 is 0 Å². The fraction of sp³-hybridized carbons (Fsp3) is 0.393. The summed E-state index contributed by atoms with van der Waals surface area (Å²) in [6.07, 6.45) is 5.95. The molecule has 1 aliphatic rings. The van der Waals surface area contributed by atoms with Crippen molar-refractivity contribution in [3.8, 4) is 16.9 Å². The lowest BCUT2D eigenvalue weighted by Gasteiger charge is -2.34. The zero-order valence-electron chi connectivity index (χ0n) is 21.6. The number of rotatable bonds is 4. The molecule has 1 aliphatic heterocycles. The number of carbonyl (C=O) groups is 1. The Balaban J connectivity index is 1.48. The minimum absolute atomic E-state index is 0.158. The molecule has 3 aromatic heterocycles. The van der Waals surface area contributed by atoms with Crippen LogP contribution in [-0.4, -0.2) is 61.6 Å². The highest BCUT2D eigenvalue weighted by Crippen LogP contribution is 2.31.